The topological polar surface area (TPSA) is 3.24 Å². The molecular weight excluding hydrogens is 389 g/mol. The summed E-state index contributed by atoms with van der Waals surface area (Å²) in [6, 6.07) is 0. The van der Waals surface area contributed by atoms with Crippen LogP contribution < -0.4 is 24.8 Å². The van der Waals surface area contributed by atoms with Crippen molar-refractivity contribution in [3.8, 4) is 0 Å². The van der Waals surface area contributed by atoms with E-state index in [1.807, 2.05) is 0 Å². The van der Waals surface area contributed by atoms with Gasteiger partial charge in [0.1, 0.15) is 8.24 Å². The maximum absolute atomic E-state index is 3.87. The molecular formula is C19H36Cl2NSiTi. The molecule has 1 aliphatic carbocycles. The second-order valence-corrected chi connectivity index (χ2v) is 12.1. The van der Waals surface area contributed by atoms with E-state index >= 15 is 0 Å². The van der Waals surface area contributed by atoms with Gasteiger partial charge >= 0.3 is 21.7 Å². The molecule has 1 unspecified atom stereocenters. The Kier molecular flexibility index (Phi) is 15.3. The van der Waals surface area contributed by atoms with Crippen molar-refractivity contribution in [2.24, 2.45) is 0 Å². The van der Waals surface area contributed by atoms with Crippen molar-refractivity contribution in [3.63, 3.8) is 0 Å². The minimum Gasteiger partial charge on any atom is -1.00 e. The SMILES string of the molecule is CCCCN(CCCC)[Si](C)(C)C1(C)[C-]=C(C)C(C)=C1C.[Cl-].[Cl-].[Ti+3]. The number of hydrogen-bond donors (Lipinski definition) is 0. The minimum atomic E-state index is -1.60. The average Bonchev–Trinajstić information content (AvgIpc) is 2.63. The molecule has 0 aromatic rings. The van der Waals surface area contributed by atoms with Crippen LogP contribution in [0.5, 0.6) is 0 Å². The molecule has 0 saturated carbocycles. The van der Waals surface area contributed by atoms with Crippen LogP contribution in [0.25, 0.3) is 0 Å². The van der Waals surface area contributed by atoms with Crippen LogP contribution in [-0.2, 0) is 21.7 Å². The van der Waals surface area contributed by atoms with Crippen molar-refractivity contribution in [1.82, 2.24) is 4.57 Å². The molecule has 0 fully saturated rings. The van der Waals surface area contributed by atoms with Crippen molar-refractivity contribution >= 4 is 8.24 Å². The van der Waals surface area contributed by atoms with Gasteiger partial charge in [-0.1, -0.05) is 65.6 Å². The molecule has 1 aliphatic rings. The van der Waals surface area contributed by atoms with Gasteiger partial charge in [0.05, 0.1) is 0 Å². The van der Waals surface area contributed by atoms with Crippen LogP contribution in [0.4, 0.5) is 0 Å². The van der Waals surface area contributed by atoms with Gasteiger partial charge in [0.2, 0.25) is 0 Å². The molecule has 1 nitrogen and oxygen atoms in total. The Hall–Kier alpha value is 0.951. The first-order valence-corrected chi connectivity index (χ1v) is 11.7. The molecule has 0 spiro atoms. The van der Waals surface area contributed by atoms with Crippen molar-refractivity contribution in [1.29, 1.82) is 0 Å². The fraction of sp³-hybridized carbons (Fsp3) is 0.789. The Morgan fingerprint density at radius 3 is 1.67 bits per heavy atom. The van der Waals surface area contributed by atoms with E-state index in [1.165, 1.54) is 49.9 Å². The first-order valence-electron chi connectivity index (χ1n) is 8.77. The van der Waals surface area contributed by atoms with E-state index in [9.17, 15) is 0 Å². The quantitative estimate of drug-likeness (QED) is 0.390. The summed E-state index contributed by atoms with van der Waals surface area (Å²) in [5.41, 5.74) is 4.42. The van der Waals surface area contributed by atoms with Crippen molar-refractivity contribution in [2.45, 2.75) is 85.4 Å². The summed E-state index contributed by atoms with van der Waals surface area (Å²) in [7, 11) is -1.60. The van der Waals surface area contributed by atoms with Crippen LogP contribution in [0.15, 0.2) is 16.7 Å². The number of hydrogen-bond acceptors (Lipinski definition) is 1. The Balaban J connectivity index is -0.00000147. The Bertz CT molecular complexity index is 427. The molecule has 0 aliphatic heterocycles. The van der Waals surface area contributed by atoms with Crippen LogP contribution in [0.1, 0.15) is 67.2 Å². The first-order chi connectivity index (χ1) is 9.72. The zero-order valence-corrected chi connectivity index (χ0v) is 21.0. The van der Waals surface area contributed by atoms with E-state index < -0.39 is 8.24 Å². The number of rotatable bonds is 8. The fourth-order valence-corrected chi connectivity index (χ4v) is 7.18. The van der Waals surface area contributed by atoms with Crippen LogP contribution in [0.2, 0.25) is 18.1 Å². The molecule has 24 heavy (non-hydrogen) atoms. The molecule has 0 saturated heterocycles. The average molecular weight is 425 g/mol. The first kappa shape index (κ1) is 29.7. The minimum absolute atomic E-state index is 0. The number of unbranched alkanes of at least 4 members (excludes halogenated alkanes) is 2. The van der Waals surface area contributed by atoms with Crippen molar-refractivity contribution in [3.05, 3.63) is 22.8 Å². The van der Waals surface area contributed by atoms with Crippen molar-refractivity contribution in [2.75, 3.05) is 13.1 Å². The van der Waals surface area contributed by atoms with Crippen LogP contribution in [-0.4, -0.2) is 25.9 Å². The van der Waals surface area contributed by atoms with Gasteiger partial charge in [0.25, 0.3) is 0 Å². The predicted octanol–water partition coefficient (Wildman–Crippen LogP) is -0.0410. The normalized spacial score (nSPS) is 20.3. The summed E-state index contributed by atoms with van der Waals surface area (Å²) >= 11 is 0. The Morgan fingerprint density at radius 1 is 0.958 bits per heavy atom. The summed E-state index contributed by atoms with van der Waals surface area (Å²) in [6.07, 6.45) is 9.08. The van der Waals surface area contributed by atoms with Crippen LogP contribution in [0, 0.1) is 6.08 Å². The standard InChI is InChI=1S/C19H36NSi.2ClH.Ti/c1-9-11-13-20(14-12-10-2)21(7,8)19(6)15-16(3)17(4)18(19)5;;;/h9-14H2,1-8H3;2*1H;/q-1;;;+3/p-2. The number of nitrogens with zero attached hydrogens (tertiary/aromatic N) is 1. The molecule has 0 aromatic heterocycles. The van der Waals surface area contributed by atoms with Gasteiger partial charge in [-0.05, 0) is 25.9 Å². The van der Waals surface area contributed by atoms with Crippen LogP contribution in [0.3, 0.4) is 0 Å². The molecule has 139 valence electrons. The predicted molar refractivity (Wildman–Crippen MR) is 98.0 cm³/mol. The molecule has 1 atom stereocenters. The smallest absolute Gasteiger partial charge is 1.00 e. The summed E-state index contributed by atoms with van der Waals surface area (Å²) < 4.78 is 2.85. The third-order valence-corrected chi connectivity index (χ3v) is 10.9. The molecule has 0 N–H and O–H groups in total. The van der Waals surface area contributed by atoms with E-state index in [-0.39, 0.29) is 51.6 Å². The number of allylic oxidation sites excluding steroid dienone is 4. The number of halogens is 2. The van der Waals surface area contributed by atoms with E-state index in [0.29, 0.717) is 0 Å². The molecule has 0 aromatic carbocycles. The van der Waals surface area contributed by atoms with Gasteiger partial charge in [0, 0.05) is 0 Å². The van der Waals surface area contributed by atoms with Crippen molar-refractivity contribution < 1.29 is 46.5 Å². The van der Waals surface area contributed by atoms with Gasteiger partial charge in [-0.15, -0.1) is 6.92 Å². The zero-order valence-electron chi connectivity index (χ0n) is 16.9. The van der Waals surface area contributed by atoms with Gasteiger partial charge in [-0.2, -0.15) is 11.1 Å². The van der Waals surface area contributed by atoms with E-state index in [0.717, 1.165) is 0 Å². The Labute approximate surface area is 179 Å². The van der Waals surface area contributed by atoms with E-state index in [1.54, 1.807) is 5.57 Å². The maximum Gasteiger partial charge on any atom is 3.00 e. The van der Waals surface area contributed by atoms with Gasteiger partial charge < -0.3 is 29.4 Å². The van der Waals surface area contributed by atoms with Crippen LogP contribution >= 0.6 is 0 Å². The molecule has 0 heterocycles. The summed E-state index contributed by atoms with van der Waals surface area (Å²) in [5, 5.41) is 0.169. The molecule has 1 radical (unpaired) electrons. The van der Waals surface area contributed by atoms with Gasteiger partial charge in [-0.25, -0.2) is 5.57 Å². The maximum atomic E-state index is 3.87. The molecule has 1 rings (SSSR count). The third-order valence-electron chi connectivity index (χ3n) is 5.89. The third kappa shape index (κ3) is 5.99. The second kappa shape index (κ2) is 12.4. The summed E-state index contributed by atoms with van der Waals surface area (Å²) in [4.78, 5) is 0. The Morgan fingerprint density at radius 2 is 1.38 bits per heavy atom. The van der Waals surface area contributed by atoms with Gasteiger partial charge in [-0.3, -0.25) is 6.08 Å². The fourth-order valence-electron chi connectivity index (χ4n) is 3.52. The van der Waals surface area contributed by atoms with E-state index in [2.05, 4.69) is 65.3 Å². The molecule has 0 amide bonds. The molecule has 0 bridgehead atoms. The van der Waals surface area contributed by atoms with E-state index in [4.69, 9.17) is 0 Å². The summed E-state index contributed by atoms with van der Waals surface area (Å²) in [5.74, 6) is 0. The zero-order chi connectivity index (χ0) is 16.3. The molecule has 5 heteroatoms. The largest absolute Gasteiger partial charge is 3.00 e. The monoisotopic (exact) mass is 424 g/mol. The second-order valence-electron chi connectivity index (χ2n) is 7.38. The summed E-state index contributed by atoms with van der Waals surface area (Å²) in [6.45, 7) is 21.5. The van der Waals surface area contributed by atoms with Gasteiger partial charge in [0.15, 0.2) is 0 Å².